The Bertz CT molecular complexity index is 797. The molecule has 1 aromatic carbocycles. The van der Waals surface area contributed by atoms with Crippen LogP contribution < -0.4 is 10.9 Å². The third kappa shape index (κ3) is 3.53. The summed E-state index contributed by atoms with van der Waals surface area (Å²) in [6, 6.07) is 3.02. The minimum absolute atomic E-state index is 0.0377. The van der Waals surface area contributed by atoms with E-state index >= 15 is 0 Å². The number of pyridine rings is 1. The molecule has 0 bridgehead atoms. The summed E-state index contributed by atoms with van der Waals surface area (Å²) < 4.78 is 43.0. The lowest BCUT2D eigenvalue weighted by atomic mass is 10.0. The van der Waals surface area contributed by atoms with Gasteiger partial charge in [0.05, 0.1) is 12.2 Å². The fourth-order valence-corrected chi connectivity index (χ4v) is 2.27. The molecule has 0 aliphatic heterocycles. The van der Waals surface area contributed by atoms with Gasteiger partial charge in [0.1, 0.15) is 5.56 Å². The maximum Gasteiger partial charge on any atom is 0.416 e. The monoisotopic (exact) mass is 328 g/mol. The number of carbonyl (C=O) groups is 1. The van der Waals surface area contributed by atoms with Crippen molar-refractivity contribution in [1.82, 2.24) is 10.3 Å². The molecule has 2 N–H and O–H groups in total. The zero-order valence-electron chi connectivity index (χ0n) is 12.5. The van der Waals surface area contributed by atoms with Crippen LogP contribution in [0.5, 0.6) is 0 Å². The quantitative estimate of drug-likeness (QED) is 0.846. The van der Waals surface area contributed by atoms with Gasteiger partial charge in [0.25, 0.3) is 11.5 Å². The van der Waals surface area contributed by atoms with Gasteiger partial charge in [0, 0.05) is 24.6 Å². The lowest BCUT2D eigenvalue weighted by Gasteiger charge is -2.11. The van der Waals surface area contributed by atoms with Crippen LogP contribution in [0.1, 0.15) is 21.5 Å². The topological polar surface area (TPSA) is 71.2 Å². The summed E-state index contributed by atoms with van der Waals surface area (Å²) in [5.41, 5.74) is -1.35. The number of halogens is 3. The molecule has 0 aliphatic carbocycles. The number of hydrogen-bond donors (Lipinski definition) is 2. The highest BCUT2D eigenvalue weighted by molar-refractivity contribution is 5.99. The number of H-pyrrole nitrogens is 1. The maximum atomic E-state index is 12.7. The molecule has 0 saturated heterocycles. The normalized spacial score (nSPS) is 11.7. The predicted molar refractivity (Wildman–Crippen MR) is 78.5 cm³/mol. The van der Waals surface area contributed by atoms with Gasteiger partial charge in [-0.05, 0) is 24.6 Å². The average molecular weight is 328 g/mol. The highest BCUT2D eigenvalue weighted by atomic mass is 19.4. The Hall–Kier alpha value is -2.35. The number of fused-ring (bicyclic) bond motifs is 1. The lowest BCUT2D eigenvalue weighted by Crippen LogP contribution is -2.32. The minimum Gasteiger partial charge on any atom is -0.383 e. The summed E-state index contributed by atoms with van der Waals surface area (Å²) in [5, 5.41) is 2.90. The Balaban J connectivity index is 2.50. The van der Waals surface area contributed by atoms with Crippen LogP contribution in [0.15, 0.2) is 23.0 Å². The van der Waals surface area contributed by atoms with Gasteiger partial charge >= 0.3 is 6.18 Å². The second-order valence-corrected chi connectivity index (χ2v) is 4.96. The molecule has 1 amide bonds. The number of carbonyl (C=O) groups excluding carboxylic acids is 1. The van der Waals surface area contributed by atoms with Gasteiger partial charge in [-0.25, -0.2) is 0 Å². The summed E-state index contributed by atoms with van der Waals surface area (Å²) in [6.45, 7) is 2.03. The summed E-state index contributed by atoms with van der Waals surface area (Å²) >= 11 is 0. The molecular weight excluding hydrogens is 313 g/mol. The number of ether oxygens (including phenoxy) is 1. The fraction of sp³-hybridized carbons (Fsp3) is 0.333. The Kier molecular flexibility index (Phi) is 4.74. The van der Waals surface area contributed by atoms with Crippen molar-refractivity contribution in [3.05, 3.63) is 45.2 Å². The second-order valence-electron chi connectivity index (χ2n) is 4.96. The first-order valence-electron chi connectivity index (χ1n) is 6.76. The van der Waals surface area contributed by atoms with Gasteiger partial charge in [-0.1, -0.05) is 6.07 Å². The van der Waals surface area contributed by atoms with E-state index < -0.39 is 23.2 Å². The fourth-order valence-electron chi connectivity index (χ4n) is 2.27. The molecule has 2 aromatic rings. The van der Waals surface area contributed by atoms with Crippen molar-refractivity contribution >= 4 is 16.8 Å². The highest BCUT2D eigenvalue weighted by Crippen LogP contribution is 2.31. The van der Waals surface area contributed by atoms with Crippen molar-refractivity contribution < 1.29 is 22.7 Å². The molecule has 0 saturated carbocycles. The van der Waals surface area contributed by atoms with E-state index in [2.05, 4.69) is 10.3 Å². The van der Waals surface area contributed by atoms with Gasteiger partial charge in [0.2, 0.25) is 0 Å². The second kappa shape index (κ2) is 6.41. The first-order chi connectivity index (χ1) is 10.8. The predicted octanol–water partition coefficient (Wildman–Crippen LogP) is 2.23. The summed E-state index contributed by atoms with van der Waals surface area (Å²) in [4.78, 5) is 26.5. The molecule has 124 valence electrons. The third-order valence-electron chi connectivity index (χ3n) is 3.42. The Morgan fingerprint density at radius 1 is 1.35 bits per heavy atom. The van der Waals surface area contributed by atoms with E-state index in [9.17, 15) is 22.8 Å². The Morgan fingerprint density at radius 3 is 2.65 bits per heavy atom. The van der Waals surface area contributed by atoms with Gasteiger partial charge < -0.3 is 15.0 Å². The number of benzene rings is 1. The van der Waals surface area contributed by atoms with Crippen molar-refractivity contribution in [3.8, 4) is 0 Å². The van der Waals surface area contributed by atoms with Crippen molar-refractivity contribution in [1.29, 1.82) is 0 Å². The minimum atomic E-state index is -4.50. The molecule has 2 rings (SSSR count). The number of amides is 1. The number of nitrogens with one attached hydrogen (secondary N) is 2. The van der Waals surface area contributed by atoms with E-state index in [1.165, 1.54) is 20.1 Å². The average Bonchev–Trinajstić information content (AvgIpc) is 2.46. The van der Waals surface area contributed by atoms with Gasteiger partial charge in [-0.3, -0.25) is 9.59 Å². The number of rotatable bonds is 4. The molecule has 23 heavy (non-hydrogen) atoms. The summed E-state index contributed by atoms with van der Waals surface area (Å²) in [7, 11) is 1.47. The van der Waals surface area contributed by atoms with Crippen LogP contribution >= 0.6 is 0 Å². The van der Waals surface area contributed by atoms with E-state index in [0.717, 1.165) is 12.1 Å². The molecule has 0 fully saturated rings. The van der Waals surface area contributed by atoms with Gasteiger partial charge in [-0.15, -0.1) is 0 Å². The van der Waals surface area contributed by atoms with Crippen LogP contribution in [-0.4, -0.2) is 31.2 Å². The highest BCUT2D eigenvalue weighted by Gasteiger charge is 2.31. The van der Waals surface area contributed by atoms with Crippen LogP contribution in [-0.2, 0) is 10.9 Å². The number of aryl methyl sites for hydroxylation is 1. The van der Waals surface area contributed by atoms with Crippen LogP contribution in [0, 0.1) is 6.92 Å². The molecule has 8 heteroatoms. The van der Waals surface area contributed by atoms with Crippen molar-refractivity contribution in [2.75, 3.05) is 20.3 Å². The number of hydrogen-bond acceptors (Lipinski definition) is 3. The molecule has 0 radical (unpaired) electrons. The van der Waals surface area contributed by atoms with Crippen molar-refractivity contribution in [2.24, 2.45) is 0 Å². The number of methoxy groups -OCH3 is 1. The zero-order chi connectivity index (χ0) is 17.2. The van der Waals surface area contributed by atoms with E-state index in [0.29, 0.717) is 10.9 Å². The van der Waals surface area contributed by atoms with Crippen LogP contribution in [0.3, 0.4) is 0 Å². The van der Waals surface area contributed by atoms with E-state index in [1.54, 1.807) is 0 Å². The molecule has 0 spiro atoms. The molecule has 0 atom stereocenters. The third-order valence-corrected chi connectivity index (χ3v) is 3.42. The SMILES string of the molecule is COCCNC(=O)c1c(C)c2ccc(C(F)(F)F)cc2[nH]c1=O. The lowest BCUT2D eigenvalue weighted by molar-refractivity contribution is -0.137. The van der Waals surface area contributed by atoms with Crippen LogP contribution in [0.2, 0.25) is 0 Å². The van der Waals surface area contributed by atoms with E-state index in [1.807, 2.05) is 0 Å². The van der Waals surface area contributed by atoms with Crippen molar-refractivity contribution in [3.63, 3.8) is 0 Å². The first kappa shape index (κ1) is 17.0. The molecule has 5 nitrogen and oxygen atoms in total. The zero-order valence-corrected chi connectivity index (χ0v) is 12.5. The largest absolute Gasteiger partial charge is 0.416 e. The van der Waals surface area contributed by atoms with E-state index in [4.69, 9.17) is 4.74 Å². The molecular formula is C15H15F3N2O3. The summed E-state index contributed by atoms with van der Waals surface area (Å²) in [5.74, 6) is -0.595. The molecule has 0 aliphatic rings. The van der Waals surface area contributed by atoms with Crippen LogP contribution in [0.25, 0.3) is 10.9 Å². The number of alkyl halides is 3. The maximum absolute atomic E-state index is 12.7. The number of aromatic nitrogens is 1. The molecule has 0 unspecified atom stereocenters. The Labute approximate surface area is 129 Å². The summed E-state index contributed by atoms with van der Waals surface area (Å²) in [6.07, 6.45) is -4.50. The molecule has 1 aromatic heterocycles. The van der Waals surface area contributed by atoms with Gasteiger partial charge in [-0.2, -0.15) is 13.2 Å². The Morgan fingerprint density at radius 2 is 2.04 bits per heavy atom. The first-order valence-corrected chi connectivity index (χ1v) is 6.76. The number of aromatic amines is 1. The standard InChI is InChI=1S/C15H15F3N2O3/c1-8-10-4-3-9(15(16,17)18)7-11(10)20-14(22)12(8)13(21)19-5-6-23-2/h3-4,7H,5-6H2,1-2H3,(H,19,21)(H,20,22). The van der Waals surface area contributed by atoms with Crippen LogP contribution in [0.4, 0.5) is 13.2 Å². The van der Waals surface area contributed by atoms with E-state index in [-0.39, 0.29) is 24.2 Å². The van der Waals surface area contributed by atoms with Gasteiger partial charge in [0.15, 0.2) is 0 Å². The van der Waals surface area contributed by atoms with Crippen molar-refractivity contribution in [2.45, 2.75) is 13.1 Å². The molecule has 1 heterocycles. The smallest absolute Gasteiger partial charge is 0.383 e.